The third-order valence-corrected chi connectivity index (χ3v) is 8.40. The van der Waals surface area contributed by atoms with Crippen LogP contribution in [0.15, 0.2) is 39.0 Å². The van der Waals surface area contributed by atoms with Crippen LogP contribution in [0.1, 0.15) is 5.69 Å². The van der Waals surface area contributed by atoms with E-state index in [2.05, 4.69) is 31.1 Å². The molecule has 5 rings (SSSR count). The van der Waals surface area contributed by atoms with Crippen LogP contribution in [0.3, 0.4) is 0 Å². The maximum Gasteiger partial charge on any atom is 0.352 e. The Balaban J connectivity index is 1.32. The van der Waals surface area contributed by atoms with Gasteiger partial charge in [-0.25, -0.2) is 4.79 Å². The Bertz CT molecular complexity index is 1540. The number of aromatic nitrogens is 6. The first-order valence-electron chi connectivity index (χ1n) is 10.2. The van der Waals surface area contributed by atoms with Gasteiger partial charge in [-0.05, 0) is 28.1 Å². The maximum absolute atomic E-state index is 13.0. The second-order valence-electron chi connectivity index (χ2n) is 7.47. The predicted molar refractivity (Wildman–Crippen MR) is 128 cm³/mol. The number of fused-ring (bicyclic) bond motifs is 2. The summed E-state index contributed by atoms with van der Waals surface area (Å²) in [6.07, 6.45) is 0. The maximum atomic E-state index is 13.0. The van der Waals surface area contributed by atoms with Gasteiger partial charge < -0.3 is 20.5 Å². The molecule has 0 spiro atoms. The molecule has 0 aliphatic carbocycles. The van der Waals surface area contributed by atoms with Crippen molar-refractivity contribution in [3.05, 3.63) is 39.3 Å². The highest BCUT2D eigenvalue weighted by Gasteiger charge is 2.54. The molecule has 0 saturated carbocycles. The molecule has 1 fully saturated rings. The number of hydrogen-bond acceptors (Lipinski definition) is 14. The summed E-state index contributed by atoms with van der Waals surface area (Å²) < 4.78 is 1.72. The lowest BCUT2D eigenvalue weighted by Crippen LogP contribution is -2.71. The number of nitrogens with zero attached hydrogens (tertiary/aromatic N) is 8. The molecule has 2 aliphatic heterocycles. The lowest BCUT2D eigenvalue weighted by Gasteiger charge is -2.49. The minimum absolute atomic E-state index is 0.0896. The van der Waals surface area contributed by atoms with E-state index in [1.807, 2.05) is 0 Å². The molecule has 2 aliphatic rings. The third-order valence-electron chi connectivity index (χ3n) is 5.32. The van der Waals surface area contributed by atoms with Crippen LogP contribution in [0.5, 0.6) is 0 Å². The normalized spacial score (nSPS) is 19.5. The van der Waals surface area contributed by atoms with E-state index in [1.165, 1.54) is 40.6 Å². The first-order valence-corrected chi connectivity index (χ1v) is 13.2. The molecule has 5 heterocycles. The Labute approximate surface area is 218 Å². The van der Waals surface area contributed by atoms with Crippen LogP contribution in [0, 0.1) is 5.41 Å². The van der Waals surface area contributed by atoms with E-state index in [1.54, 1.807) is 12.1 Å². The van der Waals surface area contributed by atoms with Gasteiger partial charge >= 0.3 is 5.97 Å². The summed E-state index contributed by atoms with van der Waals surface area (Å²) in [7, 11) is 1.20. The predicted octanol–water partition coefficient (Wildman–Crippen LogP) is -1.02. The van der Waals surface area contributed by atoms with Crippen LogP contribution >= 0.6 is 34.9 Å². The number of amides is 2. The van der Waals surface area contributed by atoms with E-state index in [0.29, 0.717) is 26.7 Å². The van der Waals surface area contributed by atoms with Gasteiger partial charge in [0.25, 0.3) is 11.8 Å². The van der Waals surface area contributed by atoms with Crippen molar-refractivity contribution in [3.63, 3.8) is 0 Å². The molecule has 3 aromatic heterocycles. The number of hydrogen-bond donors (Lipinski definition) is 4. The van der Waals surface area contributed by atoms with Gasteiger partial charge in [-0.1, -0.05) is 5.16 Å². The molecule has 0 aromatic carbocycles. The second kappa shape index (κ2) is 9.82. The number of nitrogens with one attached hydrogen (secondary N) is 2. The number of tetrazole rings is 1. The lowest BCUT2D eigenvalue weighted by atomic mass is 10.0. The Hall–Kier alpha value is -3.97. The van der Waals surface area contributed by atoms with Gasteiger partial charge in [0.05, 0.1) is 0 Å². The van der Waals surface area contributed by atoms with Crippen LogP contribution < -0.4 is 10.1 Å². The van der Waals surface area contributed by atoms with Crippen molar-refractivity contribution in [1.29, 1.82) is 5.41 Å². The van der Waals surface area contributed by atoms with Gasteiger partial charge in [0.1, 0.15) is 34.9 Å². The van der Waals surface area contributed by atoms with Crippen LogP contribution in [0.2, 0.25) is 0 Å². The molecule has 0 unspecified atom stereocenters. The Morgan fingerprint density at radius 3 is 2.92 bits per heavy atom. The number of oxime groups is 1. The van der Waals surface area contributed by atoms with Crippen molar-refractivity contribution >= 4 is 64.0 Å². The molecule has 37 heavy (non-hydrogen) atoms. The second-order valence-corrected chi connectivity index (χ2v) is 10.4. The number of β-lactam (4-membered cyclic amide) rings is 1. The van der Waals surface area contributed by atoms with Crippen LogP contribution in [0.4, 0.5) is 0 Å². The summed E-state index contributed by atoms with van der Waals surface area (Å²) in [4.78, 5) is 43.6. The monoisotopic (exact) mass is 564 g/mol. The molecule has 3 aromatic rings. The van der Waals surface area contributed by atoms with E-state index < -0.39 is 29.2 Å². The fourth-order valence-corrected chi connectivity index (χ4v) is 6.62. The van der Waals surface area contributed by atoms with Gasteiger partial charge in [-0.2, -0.15) is 4.73 Å². The molecule has 2 atom stereocenters. The van der Waals surface area contributed by atoms with Crippen molar-refractivity contribution in [2.45, 2.75) is 16.4 Å². The van der Waals surface area contributed by atoms with Crippen molar-refractivity contribution in [3.8, 4) is 0 Å². The van der Waals surface area contributed by atoms with E-state index in [0.717, 1.165) is 16.2 Å². The molecule has 0 radical (unpaired) electrons. The number of thiazole rings is 1. The molecule has 1 saturated heterocycles. The quantitative estimate of drug-likeness (QED) is 0.0851. The van der Waals surface area contributed by atoms with Crippen molar-refractivity contribution < 1.29 is 29.5 Å². The van der Waals surface area contributed by atoms with Gasteiger partial charge in [0.15, 0.2) is 11.4 Å². The Morgan fingerprint density at radius 2 is 2.22 bits per heavy atom. The zero-order valence-corrected chi connectivity index (χ0v) is 21.1. The van der Waals surface area contributed by atoms with Gasteiger partial charge in [-0.3, -0.25) is 19.9 Å². The number of carbonyl (C=O) groups excluding carboxylic acids is 2. The smallest absolute Gasteiger partial charge is 0.352 e. The largest absolute Gasteiger partial charge is 0.477 e. The fourth-order valence-electron chi connectivity index (χ4n) is 3.65. The van der Waals surface area contributed by atoms with E-state index in [4.69, 9.17) is 10.2 Å². The Morgan fingerprint density at radius 1 is 1.41 bits per heavy atom. The van der Waals surface area contributed by atoms with E-state index in [-0.39, 0.29) is 27.7 Å². The summed E-state index contributed by atoms with van der Waals surface area (Å²) in [5, 5.41) is 50.2. The molecule has 2 amide bonds. The van der Waals surface area contributed by atoms with Crippen LogP contribution in [0.25, 0.3) is 5.65 Å². The minimum Gasteiger partial charge on any atom is -0.477 e. The standard InChI is InChI=1S/C18H16N10O6S3/c1-34-23-11(8-6-37-18(19)27(8)33)14(29)20-12-15(30)26-13(17(31)32)7(5-36-16(12)26)4-35-10-3-2-9-21-24-25-28(9)22-10/h2-3,6,12,16,19,33H,4-5H2,1H3,(H,20,29)(H,31,32)/t12-,16+/m1/s1. The van der Waals surface area contributed by atoms with E-state index >= 15 is 0 Å². The highest BCUT2D eigenvalue weighted by atomic mass is 32.2. The zero-order chi connectivity index (χ0) is 26.3. The van der Waals surface area contributed by atoms with Crippen molar-refractivity contribution in [1.82, 2.24) is 40.2 Å². The summed E-state index contributed by atoms with van der Waals surface area (Å²) >= 11 is 3.45. The van der Waals surface area contributed by atoms with Gasteiger partial charge in [0.2, 0.25) is 4.80 Å². The summed E-state index contributed by atoms with van der Waals surface area (Å²) in [5.74, 6) is -2.11. The topological polar surface area (TPSA) is 213 Å². The van der Waals surface area contributed by atoms with Crippen molar-refractivity contribution in [2.75, 3.05) is 18.6 Å². The number of rotatable bonds is 8. The number of carboxylic acids is 1. The zero-order valence-electron chi connectivity index (χ0n) is 18.6. The highest BCUT2D eigenvalue weighted by Crippen LogP contribution is 2.41. The average molecular weight is 565 g/mol. The summed E-state index contributed by atoms with van der Waals surface area (Å²) in [6, 6.07) is 2.37. The van der Waals surface area contributed by atoms with E-state index in [9.17, 15) is 24.7 Å². The average Bonchev–Trinajstić information content (AvgIpc) is 3.49. The highest BCUT2D eigenvalue weighted by molar-refractivity contribution is 8.01. The van der Waals surface area contributed by atoms with Gasteiger partial charge in [-0.15, -0.1) is 49.7 Å². The SMILES string of the molecule is CON=C(C(=O)N[C@@H]1C(=O)N2C(C(=O)O)=C(CSc3ccc4nnnn4n3)CS[C@@H]12)c1csc(=N)n1O. The third kappa shape index (κ3) is 4.40. The molecule has 192 valence electrons. The lowest BCUT2D eigenvalue weighted by molar-refractivity contribution is -0.150. The number of thioether (sulfide) groups is 2. The fraction of sp³-hybridized carbons (Fsp3) is 0.278. The number of carbonyl (C=O) groups is 3. The summed E-state index contributed by atoms with van der Waals surface area (Å²) in [6.45, 7) is 0. The van der Waals surface area contributed by atoms with Gasteiger partial charge in [0, 0.05) is 16.9 Å². The first-order chi connectivity index (χ1) is 17.8. The molecule has 19 heteroatoms. The first kappa shape index (κ1) is 24.7. The molecular formula is C18H16N10O6S3. The van der Waals surface area contributed by atoms with Crippen LogP contribution in [-0.4, -0.2) is 98.7 Å². The molecule has 16 nitrogen and oxygen atoms in total. The number of aliphatic carboxylic acids is 1. The minimum atomic E-state index is -1.26. The van der Waals surface area contributed by atoms with Crippen LogP contribution in [-0.2, 0) is 19.2 Å². The number of carboxylic acid groups (broad SMARTS) is 1. The molecule has 0 bridgehead atoms. The summed E-state index contributed by atoms with van der Waals surface area (Å²) in [5.41, 5.74) is 0.431. The van der Waals surface area contributed by atoms with Crippen molar-refractivity contribution in [2.24, 2.45) is 5.16 Å². The Kier molecular flexibility index (Phi) is 6.56. The molecular weight excluding hydrogens is 548 g/mol. The molecule has 4 N–H and O–H groups in total.